The fraction of sp³-hybridized carbons (Fsp3) is 0.286. The maximum Gasteiger partial charge on any atom is 0.144 e. The molecule has 0 radical (unpaired) electrons. The third-order valence-corrected chi connectivity index (χ3v) is 4.01. The summed E-state index contributed by atoms with van der Waals surface area (Å²) in [6.07, 6.45) is 3.40. The van der Waals surface area contributed by atoms with Crippen molar-refractivity contribution in [2.24, 2.45) is 0 Å². The van der Waals surface area contributed by atoms with Gasteiger partial charge in [0.15, 0.2) is 0 Å². The van der Waals surface area contributed by atoms with Crippen LogP contribution >= 0.6 is 15.9 Å². The van der Waals surface area contributed by atoms with Crippen LogP contribution in [0.4, 0.5) is 5.82 Å². The molecule has 0 bridgehead atoms. The number of hydrogen-bond donors (Lipinski definition) is 1. The minimum absolute atomic E-state index is 0.414. The van der Waals surface area contributed by atoms with Crippen molar-refractivity contribution >= 4 is 21.7 Å². The van der Waals surface area contributed by atoms with Crippen molar-refractivity contribution < 1.29 is 4.74 Å². The van der Waals surface area contributed by atoms with Gasteiger partial charge < -0.3 is 10.1 Å². The van der Waals surface area contributed by atoms with Gasteiger partial charge in [-0.1, -0.05) is 15.9 Å². The lowest BCUT2D eigenvalue weighted by atomic mass is 10.1. The van der Waals surface area contributed by atoms with E-state index in [0.717, 1.165) is 32.9 Å². The Hall–Kier alpha value is -1.62. The largest absolute Gasteiger partial charge is 0.487 e. The van der Waals surface area contributed by atoms with Crippen molar-refractivity contribution in [3.8, 4) is 5.75 Å². The molecule has 0 saturated carbocycles. The molecule has 4 nitrogen and oxygen atoms in total. The number of halogens is 1. The highest BCUT2D eigenvalue weighted by Gasteiger charge is 2.04. The van der Waals surface area contributed by atoms with Gasteiger partial charge in [-0.25, -0.2) is 4.98 Å². The summed E-state index contributed by atoms with van der Waals surface area (Å²) in [5, 5.41) is 2.93. The van der Waals surface area contributed by atoms with Gasteiger partial charge in [-0.2, -0.15) is 0 Å². The van der Waals surface area contributed by atoms with Gasteiger partial charge in [-0.3, -0.25) is 4.98 Å². The van der Waals surface area contributed by atoms with Crippen LogP contribution in [0.2, 0.25) is 0 Å². The summed E-state index contributed by atoms with van der Waals surface area (Å²) in [6.45, 7) is 4.51. The number of nitrogens with one attached hydrogen (secondary N) is 1. The molecule has 0 aliphatic heterocycles. The molecule has 0 atom stereocenters. The first-order valence-corrected chi connectivity index (χ1v) is 6.77. The van der Waals surface area contributed by atoms with Crippen LogP contribution in [0, 0.1) is 13.8 Å². The van der Waals surface area contributed by atoms with Crippen LogP contribution in [0.5, 0.6) is 5.75 Å². The normalized spacial score (nSPS) is 10.3. The standard InChI is InChI=1S/C14H16BrN3O/c1-9-4-12(5-10(2)14(9)15)19-8-11-6-18-13(16-3)7-17-11/h4-7H,8H2,1-3H3,(H,16,18). The maximum absolute atomic E-state index is 5.74. The first kappa shape index (κ1) is 13.8. The van der Waals surface area contributed by atoms with Crippen molar-refractivity contribution in [3.05, 3.63) is 45.8 Å². The molecule has 1 aromatic carbocycles. The zero-order chi connectivity index (χ0) is 13.8. The fourth-order valence-corrected chi connectivity index (χ4v) is 1.93. The Kier molecular flexibility index (Phi) is 4.37. The lowest BCUT2D eigenvalue weighted by molar-refractivity contribution is 0.300. The third-order valence-electron chi connectivity index (χ3n) is 2.76. The first-order chi connectivity index (χ1) is 9.10. The molecule has 0 fully saturated rings. The molecule has 100 valence electrons. The van der Waals surface area contributed by atoms with Crippen molar-refractivity contribution in [3.63, 3.8) is 0 Å². The number of hydrogen-bond acceptors (Lipinski definition) is 4. The van der Waals surface area contributed by atoms with E-state index in [0.29, 0.717) is 6.61 Å². The van der Waals surface area contributed by atoms with Crippen LogP contribution in [-0.2, 0) is 6.61 Å². The summed E-state index contributed by atoms with van der Waals surface area (Å²) in [6, 6.07) is 4.01. The Morgan fingerprint density at radius 3 is 2.37 bits per heavy atom. The first-order valence-electron chi connectivity index (χ1n) is 5.98. The molecule has 0 aliphatic carbocycles. The van der Waals surface area contributed by atoms with Crippen LogP contribution in [0.3, 0.4) is 0 Å². The third kappa shape index (κ3) is 3.44. The van der Waals surface area contributed by atoms with Crippen LogP contribution in [0.1, 0.15) is 16.8 Å². The molecule has 1 heterocycles. The van der Waals surface area contributed by atoms with Gasteiger partial charge in [0.25, 0.3) is 0 Å². The molecule has 0 saturated heterocycles. The van der Waals surface area contributed by atoms with Gasteiger partial charge in [-0.15, -0.1) is 0 Å². The summed E-state index contributed by atoms with van der Waals surface area (Å²) in [7, 11) is 1.81. The molecule has 1 N–H and O–H groups in total. The second kappa shape index (κ2) is 6.02. The van der Waals surface area contributed by atoms with Crippen LogP contribution in [-0.4, -0.2) is 17.0 Å². The molecule has 1 aromatic heterocycles. The molecule has 2 rings (SSSR count). The summed E-state index contributed by atoms with van der Waals surface area (Å²) < 4.78 is 6.86. The monoisotopic (exact) mass is 321 g/mol. The van der Waals surface area contributed by atoms with Crippen molar-refractivity contribution in [2.45, 2.75) is 20.5 Å². The maximum atomic E-state index is 5.74. The second-order valence-corrected chi connectivity index (χ2v) is 5.10. The Balaban J connectivity index is 2.05. The molecular weight excluding hydrogens is 306 g/mol. The molecule has 19 heavy (non-hydrogen) atoms. The van der Waals surface area contributed by atoms with Gasteiger partial charge in [0.1, 0.15) is 18.2 Å². The minimum atomic E-state index is 0.414. The smallest absolute Gasteiger partial charge is 0.144 e. The molecule has 5 heteroatoms. The summed E-state index contributed by atoms with van der Waals surface area (Å²) in [4.78, 5) is 8.47. The van der Waals surface area contributed by atoms with E-state index in [9.17, 15) is 0 Å². The highest BCUT2D eigenvalue weighted by molar-refractivity contribution is 9.10. The Labute approximate surface area is 121 Å². The Morgan fingerprint density at radius 1 is 1.16 bits per heavy atom. The lowest BCUT2D eigenvalue weighted by Gasteiger charge is -2.10. The van der Waals surface area contributed by atoms with Gasteiger partial charge in [0.05, 0.1) is 18.1 Å². The van der Waals surface area contributed by atoms with Gasteiger partial charge in [0, 0.05) is 11.5 Å². The second-order valence-electron chi connectivity index (χ2n) is 4.30. The van der Waals surface area contributed by atoms with Crippen LogP contribution < -0.4 is 10.1 Å². The number of aryl methyl sites for hydroxylation is 2. The van der Waals surface area contributed by atoms with E-state index in [1.165, 1.54) is 0 Å². The summed E-state index contributed by atoms with van der Waals surface area (Å²) >= 11 is 3.54. The fourth-order valence-electron chi connectivity index (χ4n) is 1.71. The van der Waals surface area contributed by atoms with E-state index < -0.39 is 0 Å². The summed E-state index contributed by atoms with van der Waals surface area (Å²) in [5.41, 5.74) is 3.12. The highest BCUT2D eigenvalue weighted by atomic mass is 79.9. The Bertz CT molecular complexity index is 546. The zero-order valence-corrected chi connectivity index (χ0v) is 12.8. The zero-order valence-electron chi connectivity index (χ0n) is 11.2. The number of anilines is 1. The molecule has 2 aromatic rings. The quantitative estimate of drug-likeness (QED) is 0.936. The van der Waals surface area contributed by atoms with E-state index in [1.54, 1.807) is 12.4 Å². The number of ether oxygens (including phenoxy) is 1. The number of rotatable bonds is 4. The molecular formula is C14H16BrN3O. The van der Waals surface area contributed by atoms with Crippen molar-refractivity contribution in [2.75, 3.05) is 12.4 Å². The summed E-state index contributed by atoms with van der Waals surface area (Å²) in [5.74, 6) is 1.59. The van der Waals surface area contributed by atoms with Gasteiger partial charge in [0.2, 0.25) is 0 Å². The molecule has 0 aliphatic rings. The van der Waals surface area contributed by atoms with E-state index in [1.807, 2.05) is 33.0 Å². The number of benzene rings is 1. The number of aromatic nitrogens is 2. The topological polar surface area (TPSA) is 47.0 Å². The average molecular weight is 322 g/mol. The predicted octanol–water partition coefficient (Wildman–Crippen LogP) is 3.48. The molecule has 0 unspecified atom stereocenters. The Morgan fingerprint density at radius 2 is 1.84 bits per heavy atom. The van der Waals surface area contributed by atoms with E-state index in [-0.39, 0.29) is 0 Å². The van der Waals surface area contributed by atoms with Crippen molar-refractivity contribution in [1.29, 1.82) is 0 Å². The van der Waals surface area contributed by atoms with Crippen LogP contribution in [0.15, 0.2) is 29.0 Å². The van der Waals surface area contributed by atoms with Crippen LogP contribution in [0.25, 0.3) is 0 Å². The number of nitrogens with zero attached hydrogens (tertiary/aromatic N) is 2. The van der Waals surface area contributed by atoms with E-state index >= 15 is 0 Å². The average Bonchev–Trinajstić information content (AvgIpc) is 2.43. The highest BCUT2D eigenvalue weighted by Crippen LogP contribution is 2.26. The van der Waals surface area contributed by atoms with Gasteiger partial charge >= 0.3 is 0 Å². The SMILES string of the molecule is CNc1cnc(COc2cc(C)c(Br)c(C)c2)cn1. The molecule has 0 amide bonds. The molecule has 0 spiro atoms. The van der Waals surface area contributed by atoms with E-state index in [4.69, 9.17) is 4.74 Å². The minimum Gasteiger partial charge on any atom is -0.487 e. The lowest BCUT2D eigenvalue weighted by Crippen LogP contribution is -2.01. The van der Waals surface area contributed by atoms with Crippen molar-refractivity contribution in [1.82, 2.24) is 9.97 Å². The van der Waals surface area contributed by atoms with Gasteiger partial charge in [-0.05, 0) is 37.1 Å². The van der Waals surface area contributed by atoms with E-state index in [2.05, 4.69) is 31.2 Å². The predicted molar refractivity (Wildman–Crippen MR) is 79.5 cm³/mol.